The van der Waals surface area contributed by atoms with Gasteiger partial charge in [-0.1, -0.05) is 44.2 Å². The monoisotopic (exact) mass is 371 g/mol. The number of nitrogens with zero attached hydrogens (tertiary/aromatic N) is 3. The molecule has 28 heavy (non-hydrogen) atoms. The van der Waals surface area contributed by atoms with E-state index in [0.717, 1.165) is 29.7 Å². The summed E-state index contributed by atoms with van der Waals surface area (Å²) in [5, 5.41) is 9.05. The van der Waals surface area contributed by atoms with Crippen molar-refractivity contribution in [1.29, 1.82) is 5.26 Å². The minimum absolute atomic E-state index is 0.0384. The highest BCUT2D eigenvalue weighted by Crippen LogP contribution is 2.20. The van der Waals surface area contributed by atoms with E-state index < -0.39 is 0 Å². The molecular formula is C24H25N3O. The highest BCUT2D eigenvalue weighted by Gasteiger charge is 2.16. The summed E-state index contributed by atoms with van der Waals surface area (Å²) in [6.45, 7) is 6.70. The van der Waals surface area contributed by atoms with Crippen molar-refractivity contribution in [2.24, 2.45) is 5.92 Å². The van der Waals surface area contributed by atoms with E-state index in [2.05, 4.69) is 32.0 Å². The van der Waals surface area contributed by atoms with E-state index in [0.29, 0.717) is 23.9 Å². The minimum atomic E-state index is 0.0384. The van der Waals surface area contributed by atoms with Crippen molar-refractivity contribution >= 4 is 0 Å². The number of hydrogen-bond donors (Lipinski definition) is 0. The molecule has 0 aliphatic heterocycles. The summed E-state index contributed by atoms with van der Waals surface area (Å²) < 4.78 is 1.79. The number of benzene rings is 2. The maximum atomic E-state index is 13.3. The van der Waals surface area contributed by atoms with E-state index >= 15 is 0 Å². The molecular weight excluding hydrogens is 346 g/mol. The van der Waals surface area contributed by atoms with Gasteiger partial charge in [0.2, 0.25) is 0 Å². The average molecular weight is 371 g/mol. The maximum Gasteiger partial charge on any atom is 0.257 e. The lowest BCUT2D eigenvalue weighted by Crippen LogP contribution is -2.29. The van der Waals surface area contributed by atoms with Crippen LogP contribution in [0.5, 0.6) is 0 Å². The van der Waals surface area contributed by atoms with E-state index in [-0.39, 0.29) is 5.56 Å². The van der Waals surface area contributed by atoms with Crippen LogP contribution in [0, 0.1) is 24.2 Å². The van der Waals surface area contributed by atoms with Gasteiger partial charge in [0, 0.05) is 23.4 Å². The third kappa shape index (κ3) is 4.37. The molecule has 4 nitrogen and oxygen atoms in total. The standard InChI is InChI=1S/C24H25N3O/c1-17(2)15-22-18(3)26-23(21-11-9-20(16-25)10-12-21)27(24(22)28)14-13-19-7-5-4-6-8-19/h4-12,17H,13-15H2,1-3H3. The molecule has 0 aliphatic rings. The van der Waals surface area contributed by atoms with Gasteiger partial charge < -0.3 is 0 Å². The van der Waals surface area contributed by atoms with Crippen LogP contribution in [-0.2, 0) is 19.4 Å². The van der Waals surface area contributed by atoms with E-state index in [1.807, 2.05) is 37.3 Å². The fourth-order valence-electron chi connectivity index (χ4n) is 3.35. The number of hydrogen-bond acceptors (Lipinski definition) is 3. The molecule has 1 heterocycles. The summed E-state index contributed by atoms with van der Waals surface area (Å²) in [4.78, 5) is 18.1. The second-order valence-corrected chi connectivity index (χ2v) is 7.48. The summed E-state index contributed by atoms with van der Waals surface area (Å²) in [6.07, 6.45) is 1.48. The van der Waals surface area contributed by atoms with Gasteiger partial charge in [-0.2, -0.15) is 5.26 Å². The van der Waals surface area contributed by atoms with Gasteiger partial charge in [0.1, 0.15) is 5.82 Å². The van der Waals surface area contributed by atoms with Gasteiger partial charge in [0.25, 0.3) is 5.56 Å². The van der Waals surface area contributed by atoms with Crippen molar-refractivity contribution < 1.29 is 0 Å². The van der Waals surface area contributed by atoms with Crippen molar-refractivity contribution in [3.63, 3.8) is 0 Å². The minimum Gasteiger partial charge on any atom is -0.292 e. The molecule has 1 aromatic heterocycles. The lowest BCUT2D eigenvalue weighted by molar-refractivity contribution is 0.605. The van der Waals surface area contributed by atoms with E-state index in [1.54, 1.807) is 16.7 Å². The number of aryl methyl sites for hydroxylation is 2. The second kappa shape index (κ2) is 8.67. The van der Waals surface area contributed by atoms with Crippen LogP contribution in [0.25, 0.3) is 11.4 Å². The van der Waals surface area contributed by atoms with Crippen LogP contribution in [0.3, 0.4) is 0 Å². The summed E-state index contributed by atoms with van der Waals surface area (Å²) in [5.74, 6) is 1.05. The highest BCUT2D eigenvalue weighted by molar-refractivity contribution is 5.57. The number of rotatable bonds is 6. The van der Waals surface area contributed by atoms with E-state index in [1.165, 1.54) is 5.56 Å². The molecule has 3 aromatic rings. The normalized spacial score (nSPS) is 10.8. The van der Waals surface area contributed by atoms with Crippen LogP contribution in [0.2, 0.25) is 0 Å². The molecule has 4 heteroatoms. The van der Waals surface area contributed by atoms with Gasteiger partial charge in [-0.05, 0) is 55.5 Å². The second-order valence-electron chi connectivity index (χ2n) is 7.48. The van der Waals surface area contributed by atoms with Gasteiger partial charge in [-0.25, -0.2) is 4.98 Å². The Labute approximate surface area is 166 Å². The summed E-state index contributed by atoms with van der Waals surface area (Å²) in [7, 11) is 0. The van der Waals surface area contributed by atoms with Gasteiger partial charge in [-0.15, -0.1) is 0 Å². The molecule has 142 valence electrons. The zero-order chi connectivity index (χ0) is 20.1. The smallest absolute Gasteiger partial charge is 0.257 e. The molecule has 0 unspecified atom stereocenters. The Bertz CT molecular complexity index is 1040. The topological polar surface area (TPSA) is 58.7 Å². The Balaban J connectivity index is 2.08. The molecule has 0 aliphatic carbocycles. The molecule has 3 rings (SSSR count). The molecule has 2 aromatic carbocycles. The largest absolute Gasteiger partial charge is 0.292 e. The first-order valence-corrected chi connectivity index (χ1v) is 9.64. The van der Waals surface area contributed by atoms with Gasteiger partial charge in [0.05, 0.1) is 11.6 Å². The zero-order valence-corrected chi connectivity index (χ0v) is 16.6. The summed E-state index contributed by atoms with van der Waals surface area (Å²) in [5.41, 5.74) is 4.25. The number of aromatic nitrogens is 2. The van der Waals surface area contributed by atoms with Crippen molar-refractivity contribution in [3.8, 4) is 17.5 Å². The lowest BCUT2D eigenvalue weighted by atomic mass is 10.0. The number of nitriles is 1. The predicted octanol–water partition coefficient (Wildman–Crippen LogP) is 4.53. The average Bonchev–Trinajstić information content (AvgIpc) is 2.71. The van der Waals surface area contributed by atoms with Gasteiger partial charge >= 0.3 is 0 Å². The first-order chi connectivity index (χ1) is 13.5. The van der Waals surface area contributed by atoms with Crippen LogP contribution >= 0.6 is 0 Å². The Morgan fingerprint density at radius 2 is 1.75 bits per heavy atom. The van der Waals surface area contributed by atoms with E-state index in [9.17, 15) is 4.79 Å². The van der Waals surface area contributed by atoms with Crippen LogP contribution in [-0.4, -0.2) is 9.55 Å². The predicted molar refractivity (Wildman–Crippen MR) is 112 cm³/mol. The Morgan fingerprint density at radius 3 is 2.36 bits per heavy atom. The van der Waals surface area contributed by atoms with E-state index in [4.69, 9.17) is 10.2 Å². The summed E-state index contributed by atoms with van der Waals surface area (Å²) >= 11 is 0. The van der Waals surface area contributed by atoms with Crippen LogP contribution in [0.15, 0.2) is 59.4 Å². The van der Waals surface area contributed by atoms with Crippen molar-refractivity contribution in [2.45, 2.75) is 40.2 Å². The van der Waals surface area contributed by atoms with Crippen LogP contribution in [0.4, 0.5) is 0 Å². The fraction of sp³-hybridized carbons (Fsp3) is 0.292. The van der Waals surface area contributed by atoms with Crippen molar-refractivity contribution in [3.05, 3.63) is 87.3 Å². The highest BCUT2D eigenvalue weighted by atomic mass is 16.1. The third-order valence-electron chi connectivity index (χ3n) is 4.82. The molecule has 0 amide bonds. The molecule has 0 radical (unpaired) electrons. The molecule has 0 saturated carbocycles. The quantitative estimate of drug-likeness (QED) is 0.639. The molecule has 0 atom stereocenters. The molecule has 0 fully saturated rings. The SMILES string of the molecule is Cc1nc(-c2ccc(C#N)cc2)n(CCc2ccccc2)c(=O)c1CC(C)C. The van der Waals surface area contributed by atoms with Gasteiger partial charge in [-0.3, -0.25) is 9.36 Å². The third-order valence-corrected chi connectivity index (χ3v) is 4.82. The zero-order valence-electron chi connectivity index (χ0n) is 16.6. The molecule has 0 N–H and O–H groups in total. The molecule has 0 saturated heterocycles. The van der Waals surface area contributed by atoms with Crippen molar-refractivity contribution in [2.75, 3.05) is 0 Å². The summed E-state index contributed by atoms with van der Waals surface area (Å²) in [6, 6.07) is 19.5. The fourth-order valence-corrected chi connectivity index (χ4v) is 3.35. The maximum absolute atomic E-state index is 13.3. The van der Waals surface area contributed by atoms with Crippen LogP contribution in [0.1, 0.15) is 36.2 Å². The van der Waals surface area contributed by atoms with Crippen LogP contribution < -0.4 is 5.56 Å². The van der Waals surface area contributed by atoms with Gasteiger partial charge in [0.15, 0.2) is 0 Å². The Morgan fingerprint density at radius 1 is 1.07 bits per heavy atom. The first-order valence-electron chi connectivity index (χ1n) is 9.64. The Hall–Kier alpha value is -3.19. The lowest BCUT2D eigenvalue weighted by Gasteiger charge is -2.17. The molecule has 0 spiro atoms. The molecule has 0 bridgehead atoms. The van der Waals surface area contributed by atoms with Crippen molar-refractivity contribution in [1.82, 2.24) is 9.55 Å². The first kappa shape index (κ1) is 19.6. The Kier molecular flexibility index (Phi) is 6.06.